The topological polar surface area (TPSA) is 54.9 Å². The molecule has 6 heteroatoms. The molecule has 1 saturated carbocycles. The number of ether oxygens (including phenoxy) is 2. The molecule has 1 aliphatic rings. The summed E-state index contributed by atoms with van der Waals surface area (Å²) in [7, 11) is 5.03. The van der Waals surface area contributed by atoms with E-state index in [2.05, 4.69) is 39.9 Å². The lowest BCUT2D eigenvalue weighted by atomic mass is 10.1. The van der Waals surface area contributed by atoms with Crippen LogP contribution in [0.4, 0.5) is 5.69 Å². The maximum atomic E-state index is 5.34. The van der Waals surface area contributed by atoms with Crippen LogP contribution in [0.5, 0.6) is 11.5 Å². The minimum absolute atomic E-state index is 0. The van der Waals surface area contributed by atoms with Crippen LogP contribution in [0.1, 0.15) is 17.9 Å². The molecule has 2 atom stereocenters. The molecule has 0 aromatic heterocycles. The van der Waals surface area contributed by atoms with Gasteiger partial charge in [-0.15, -0.1) is 24.0 Å². The van der Waals surface area contributed by atoms with E-state index in [1.54, 1.807) is 21.3 Å². The van der Waals surface area contributed by atoms with Gasteiger partial charge in [0.2, 0.25) is 0 Å². The van der Waals surface area contributed by atoms with E-state index >= 15 is 0 Å². The van der Waals surface area contributed by atoms with Crippen LogP contribution in [0, 0.1) is 0 Å². The first-order valence-electron chi connectivity index (χ1n) is 8.02. The van der Waals surface area contributed by atoms with E-state index in [0.29, 0.717) is 23.5 Å². The summed E-state index contributed by atoms with van der Waals surface area (Å²) in [5, 5.41) is 6.77. The average molecular weight is 453 g/mol. The maximum Gasteiger partial charge on any atom is 0.195 e. The Morgan fingerprint density at radius 1 is 1.04 bits per heavy atom. The van der Waals surface area contributed by atoms with Gasteiger partial charge in [-0.2, -0.15) is 0 Å². The van der Waals surface area contributed by atoms with Gasteiger partial charge < -0.3 is 20.1 Å². The summed E-state index contributed by atoms with van der Waals surface area (Å²) < 4.78 is 10.6. The highest BCUT2D eigenvalue weighted by atomic mass is 127. The third-order valence-electron chi connectivity index (χ3n) is 4.21. The fourth-order valence-corrected chi connectivity index (χ4v) is 2.81. The van der Waals surface area contributed by atoms with Crippen LogP contribution in [0.15, 0.2) is 53.5 Å². The van der Waals surface area contributed by atoms with Crippen molar-refractivity contribution < 1.29 is 9.47 Å². The lowest BCUT2D eigenvalue weighted by molar-refractivity contribution is 0.355. The Bertz CT molecular complexity index is 722. The minimum atomic E-state index is 0. The predicted octanol–water partition coefficient (Wildman–Crippen LogP) is 3.87. The Hall–Kier alpha value is -1.96. The van der Waals surface area contributed by atoms with Gasteiger partial charge in [0.05, 0.1) is 14.2 Å². The number of aliphatic imine (C=N–C) groups is 1. The van der Waals surface area contributed by atoms with Crippen molar-refractivity contribution in [2.75, 3.05) is 26.6 Å². The van der Waals surface area contributed by atoms with E-state index in [1.807, 2.05) is 24.3 Å². The number of nitrogens with zero attached hydrogens (tertiary/aromatic N) is 1. The van der Waals surface area contributed by atoms with Gasteiger partial charge in [0.25, 0.3) is 0 Å². The summed E-state index contributed by atoms with van der Waals surface area (Å²) in [6.07, 6.45) is 1.12. The van der Waals surface area contributed by atoms with E-state index in [4.69, 9.17) is 9.47 Å². The van der Waals surface area contributed by atoms with Crippen molar-refractivity contribution in [1.29, 1.82) is 0 Å². The van der Waals surface area contributed by atoms with Gasteiger partial charge >= 0.3 is 0 Å². The van der Waals surface area contributed by atoms with Crippen LogP contribution in [0.25, 0.3) is 0 Å². The molecule has 0 amide bonds. The summed E-state index contributed by atoms with van der Waals surface area (Å²) in [5.74, 6) is 2.70. The molecule has 0 spiro atoms. The standard InChI is InChI=1S/C19H23N3O2.HI/c1-20-19(21-14-9-10-17(23-2)18(11-14)24-3)22-16-12-15(16)13-7-5-4-6-8-13;/h4-11,15-16H,12H2,1-3H3,(H2,20,21,22);1H. The van der Waals surface area contributed by atoms with E-state index in [1.165, 1.54) is 5.56 Å². The summed E-state index contributed by atoms with van der Waals surface area (Å²) >= 11 is 0. The highest BCUT2D eigenvalue weighted by Crippen LogP contribution is 2.40. The molecule has 0 aliphatic heterocycles. The molecule has 25 heavy (non-hydrogen) atoms. The lowest BCUT2D eigenvalue weighted by Gasteiger charge is -2.14. The molecule has 2 aromatic carbocycles. The van der Waals surface area contributed by atoms with Crippen LogP contribution >= 0.6 is 24.0 Å². The molecule has 2 unspecified atom stereocenters. The van der Waals surface area contributed by atoms with Crippen molar-refractivity contribution in [1.82, 2.24) is 5.32 Å². The van der Waals surface area contributed by atoms with Crippen molar-refractivity contribution in [3.8, 4) is 11.5 Å². The molecule has 1 fully saturated rings. The molecule has 134 valence electrons. The van der Waals surface area contributed by atoms with Crippen molar-refractivity contribution >= 4 is 35.6 Å². The van der Waals surface area contributed by atoms with Gasteiger partial charge in [0.15, 0.2) is 17.5 Å². The Morgan fingerprint density at radius 3 is 2.40 bits per heavy atom. The largest absolute Gasteiger partial charge is 0.493 e. The van der Waals surface area contributed by atoms with E-state index in [9.17, 15) is 0 Å². The fraction of sp³-hybridized carbons (Fsp3) is 0.316. The molecular weight excluding hydrogens is 429 g/mol. The number of anilines is 1. The maximum absolute atomic E-state index is 5.34. The third kappa shape index (κ3) is 4.78. The second-order valence-corrected chi connectivity index (χ2v) is 5.77. The minimum Gasteiger partial charge on any atom is -0.493 e. The van der Waals surface area contributed by atoms with Crippen molar-refractivity contribution in [3.05, 3.63) is 54.1 Å². The number of hydrogen-bond acceptors (Lipinski definition) is 3. The summed E-state index contributed by atoms with van der Waals surface area (Å²) in [5.41, 5.74) is 2.27. The Kier molecular flexibility index (Phi) is 6.92. The highest BCUT2D eigenvalue weighted by Gasteiger charge is 2.38. The number of benzene rings is 2. The smallest absolute Gasteiger partial charge is 0.195 e. The number of halogens is 1. The lowest BCUT2D eigenvalue weighted by Crippen LogP contribution is -2.33. The number of nitrogens with one attached hydrogen (secondary N) is 2. The van der Waals surface area contributed by atoms with Crippen LogP contribution in [-0.2, 0) is 0 Å². The fourth-order valence-electron chi connectivity index (χ4n) is 2.81. The SMILES string of the molecule is CN=C(Nc1ccc(OC)c(OC)c1)NC1CC1c1ccccc1.I. The zero-order valence-corrected chi connectivity index (χ0v) is 17.0. The van der Waals surface area contributed by atoms with Gasteiger partial charge in [0.1, 0.15) is 0 Å². The second kappa shape index (κ2) is 8.94. The monoisotopic (exact) mass is 453 g/mol. The van der Waals surface area contributed by atoms with Gasteiger partial charge in [-0.05, 0) is 24.1 Å². The van der Waals surface area contributed by atoms with Crippen molar-refractivity contribution in [3.63, 3.8) is 0 Å². The number of methoxy groups -OCH3 is 2. The number of rotatable bonds is 5. The molecule has 0 heterocycles. The first-order valence-corrected chi connectivity index (χ1v) is 8.02. The molecule has 3 rings (SSSR count). The normalized spacial score (nSPS) is 18.8. The predicted molar refractivity (Wildman–Crippen MR) is 113 cm³/mol. The van der Waals surface area contributed by atoms with Crippen LogP contribution in [-0.4, -0.2) is 33.3 Å². The Balaban J connectivity index is 0.00000225. The van der Waals surface area contributed by atoms with Crippen LogP contribution < -0.4 is 20.1 Å². The molecule has 0 bridgehead atoms. The van der Waals surface area contributed by atoms with Gasteiger partial charge in [-0.3, -0.25) is 4.99 Å². The third-order valence-corrected chi connectivity index (χ3v) is 4.21. The molecule has 5 nitrogen and oxygen atoms in total. The second-order valence-electron chi connectivity index (χ2n) is 5.77. The van der Waals surface area contributed by atoms with Gasteiger partial charge in [-0.25, -0.2) is 0 Å². The van der Waals surface area contributed by atoms with Crippen LogP contribution in [0.2, 0.25) is 0 Å². The van der Waals surface area contributed by atoms with Crippen molar-refractivity contribution in [2.24, 2.45) is 4.99 Å². The molecule has 1 aliphatic carbocycles. The van der Waals surface area contributed by atoms with E-state index in [-0.39, 0.29) is 24.0 Å². The molecule has 2 N–H and O–H groups in total. The Labute approximate surface area is 165 Å². The molecular formula is C19H24IN3O2. The number of hydrogen-bond donors (Lipinski definition) is 2. The highest BCUT2D eigenvalue weighted by molar-refractivity contribution is 14.0. The first-order chi connectivity index (χ1) is 11.7. The van der Waals surface area contributed by atoms with Crippen molar-refractivity contribution in [2.45, 2.75) is 18.4 Å². The average Bonchev–Trinajstić information content (AvgIpc) is 3.41. The van der Waals surface area contributed by atoms with E-state index in [0.717, 1.165) is 18.1 Å². The van der Waals surface area contributed by atoms with Gasteiger partial charge in [0, 0.05) is 30.8 Å². The van der Waals surface area contributed by atoms with E-state index < -0.39 is 0 Å². The van der Waals surface area contributed by atoms with Gasteiger partial charge in [-0.1, -0.05) is 30.3 Å². The summed E-state index contributed by atoms with van der Waals surface area (Å²) in [4.78, 5) is 4.31. The quantitative estimate of drug-likeness (QED) is 0.410. The molecule has 0 radical (unpaired) electrons. The number of guanidine groups is 1. The Morgan fingerprint density at radius 2 is 1.76 bits per heavy atom. The first kappa shape index (κ1) is 19.4. The zero-order valence-electron chi connectivity index (χ0n) is 14.7. The summed E-state index contributed by atoms with van der Waals surface area (Å²) in [6, 6.07) is 16.7. The zero-order chi connectivity index (χ0) is 16.9. The molecule has 0 saturated heterocycles. The summed E-state index contributed by atoms with van der Waals surface area (Å²) in [6.45, 7) is 0. The molecule has 2 aromatic rings. The van der Waals surface area contributed by atoms with Crippen LogP contribution in [0.3, 0.4) is 0 Å².